The van der Waals surface area contributed by atoms with Crippen molar-refractivity contribution >= 4 is 28.3 Å². The molecule has 2 amide bonds. The maximum absolute atomic E-state index is 12.4. The van der Waals surface area contributed by atoms with Gasteiger partial charge >= 0.3 is 0 Å². The van der Waals surface area contributed by atoms with Crippen molar-refractivity contribution < 1.29 is 14.3 Å². The quantitative estimate of drug-likeness (QED) is 0.722. The van der Waals surface area contributed by atoms with E-state index >= 15 is 0 Å². The molecule has 9 heteroatoms. The molecule has 2 N–H and O–H groups in total. The largest absolute Gasteiger partial charge is 0.379 e. The van der Waals surface area contributed by atoms with Gasteiger partial charge in [0.15, 0.2) is 0 Å². The van der Waals surface area contributed by atoms with E-state index in [4.69, 9.17) is 4.74 Å². The van der Waals surface area contributed by atoms with E-state index < -0.39 is 0 Å². The average molecular weight is 396 g/mol. The molecule has 1 aliphatic heterocycles. The third-order valence-electron chi connectivity index (χ3n) is 5.43. The van der Waals surface area contributed by atoms with E-state index in [1.165, 1.54) is 11.3 Å². The highest BCUT2D eigenvalue weighted by atomic mass is 32.1. The Morgan fingerprint density at radius 1 is 1.26 bits per heavy atom. The van der Waals surface area contributed by atoms with E-state index in [1.807, 2.05) is 0 Å². The fourth-order valence-electron chi connectivity index (χ4n) is 4.29. The number of aryl methyl sites for hydroxylation is 1. The number of aromatic nitrogens is 2. The van der Waals surface area contributed by atoms with Crippen LogP contribution in [0.4, 0.5) is 5.13 Å². The highest BCUT2D eigenvalue weighted by Crippen LogP contribution is 2.37. The predicted octanol–water partition coefficient (Wildman–Crippen LogP) is 1.29. The zero-order valence-electron chi connectivity index (χ0n) is 16.2. The number of hydrogen-bond donors (Lipinski definition) is 2. The molecule has 1 aromatic heterocycles. The van der Waals surface area contributed by atoms with Gasteiger partial charge in [-0.3, -0.25) is 19.8 Å². The Morgan fingerprint density at radius 3 is 2.67 bits per heavy atom. The SMILES string of the molecule is CCCc1nnc(NC(=O)CN2C[C@H]3C[C@@H](NC(C)=O)[C@H](OC)C[C@H]3C2)s1. The molecule has 1 aromatic rings. The number of carbonyl (C=O) groups is 2. The van der Waals surface area contributed by atoms with Crippen molar-refractivity contribution in [1.29, 1.82) is 0 Å². The number of carbonyl (C=O) groups excluding carboxylic acids is 2. The molecule has 150 valence electrons. The molecule has 0 aromatic carbocycles. The van der Waals surface area contributed by atoms with Crippen LogP contribution in [0.2, 0.25) is 0 Å². The molecular formula is C18H29N5O3S. The fraction of sp³-hybridized carbons (Fsp3) is 0.778. The molecule has 3 rings (SSSR count). The summed E-state index contributed by atoms with van der Waals surface area (Å²) in [6.45, 7) is 5.77. The molecule has 0 unspecified atom stereocenters. The number of hydrogen-bond acceptors (Lipinski definition) is 7. The standard InChI is InChI=1S/C18H29N5O3S/c1-4-5-17-21-22-18(27-17)20-16(25)10-23-8-12-6-14(19-11(2)24)15(26-3)7-13(12)9-23/h12-15H,4-10H2,1-3H3,(H,19,24)(H,20,22,25)/t12-,13+,14-,15-/m1/s1. The highest BCUT2D eigenvalue weighted by Gasteiger charge is 2.42. The van der Waals surface area contributed by atoms with Crippen LogP contribution >= 0.6 is 11.3 Å². The van der Waals surface area contributed by atoms with Crippen molar-refractivity contribution in [2.75, 3.05) is 32.1 Å². The van der Waals surface area contributed by atoms with E-state index in [0.717, 1.165) is 43.8 Å². The first-order chi connectivity index (χ1) is 13.0. The van der Waals surface area contributed by atoms with Crippen molar-refractivity contribution in [1.82, 2.24) is 20.4 Å². The van der Waals surface area contributed by atoms with Crippen LogP contribution in [0.1, 0.15) is 38.1 Å². The Balaban J connectivity index is 1.51. The number of fused-ring (bicyclic) bond motifs is 1. The Hall–Kier alpha value is -1.58. The molecule has 4 atom stereocenters. The summed E-state index contributed by atoms with van der Waals surface area (Å²) in [5, 5.41) is 15.5. The van der Waals surface area contributed by atoms with Gasteiger partial charge in [0.25, 0.3) is 0 Å². The lowest BCUT2D eigenvalue weighted by Gasteiger charge is -2.37. The van der Waals surface area contributed by atoms with Crippen LogP contribution in [0.5, 0.6) is 0 Å². The minimum atomic E-state index is -0.0467. The average Bonchev–Trinajstić information content (AvgIpc) is 3.19. The number of ether oxygens (including phenoxy) is 1. The Morgan fingerprint density at radius 2 is 2.00 bits per heavy atom. The normalized spacial score (nSPS) is 28.0. The minimum absolute atomic E-state index is 0.0192. The lowest BCUT2D eigenvalue weighted by atomic mass is 9.77. The molecule has 0 bridgehead atoms. The Labute approximate surface area is 164 Å². The molecule has 2 fully saturated rings. The summed E-state index contributed by atoms with van der Waals surface area (Å²) < 4.78 is 5.60. The van der Waals surface area contributed by atoms with Gasteiger partial charge < -0.3 is 10.1 Å². The van der Waals surface area contributed by atoms with Gasteiger partial charge in [0, 0.05) is 33.5 Å². The Bertz CT molecular complexity index is 667. The molecule has 2 aliphatic rings. The first kappa shape index (κ1) is 20.2. The zero-order chi connectivity index (χ0) is 19.4. The summed E-state index contributed by atoms with van der Waals surface area (Å²) in [6, 6.07) is 0.0564. The topological polar surface area (TPSA) is 96.5 Å². The molecule has 0 spiro atoms. The third kappa shape index (κ3) is 5.24. The van der Waals surface area contributed by atoms with Gasteiger partial charge in [-0.15, -0.1) is 10.2 Å². The maximum Gasteiger partial charge on any atom is 0.240 e. The number of rotatable bonds is 7. The lowest BCUT2D eigenvalue weighted by molar-refractivity contribution is -0.121. The molecular weight excluding hydrogens is 366 g/mol. The number of amides is 2. The predicted molar refractivity (Wildman–Crippen MR) is 104 cm³/mol. The molecule has 0 radical (unpaired) electrons. The van der Waals surface area contributed by atoms with Gasteiger partial charge in [-0.25, -0.2) is 0 Å². The fourth-order valence-corrected chi connectivity index (χ4v) is 5.15. The second-order valence-electron chi connectivity index (χ2n) is 7.57. The van der Waals surface area contributed by atoms with E-state index in [9.17, 15) is 9.59 Å². The lowest BCUT2D eigenvalue weighted by Crippen LogP contribution is -2.49. The third-order valence-corrected chi connectivity index (χ3v) is 6.33. The van der Waals surface area contributed by atoms with Gasteiger partial charge in [0.1, 0.15) is 5.01 Å². The van der Waals surface area contributed by atoms with Crippen LogP contribution in [0.3, 0.4) is 0 Å². The Kier molecular flexibility index (Phi) is 6.78. The van der Waals surface area contributed by atoms with Crippen molar-refractivity contribution in [3.05, 3.63) is 5.01 Å². The van der Waals surface area contributed by atoms with E-state index in [1.54, 1.807) is 14.0 Å². The van der Waals surface area contributed by atoms with Crippen LogP contribution in [-0.4, -0.2) is 65.8 Å². The number of nitrogens with zero attached hydrogens (tertiary/aromatic N) is 3. The molecule has 2 heterocycles. The van der Waals surface area contributed by atoms with Gasteiger partial charge in [-0.05, 0) is 31.1 Å². The van der Waals surface area contributed by atoms with Crippen LogP contribution in [0, 0.1) is 11.8 Å². The van der Waals surface area contributed by atoms with Crippen LogP contribution < -0.4 is 10.6 Å². The molecule has 8 nitrogen and oxygen atoms in total. The van der Waals surface area contributed by atoms with Gasteiger partial charge in [-0.1, -0.05) is 18.3 Å². The smallest absolute Gasteiger partial charge is 0.240 e. The van der Waals surface area contributed by atoms with Crippen molar-refractivity contribution in [3.8, 4) is 0 Å². The number of anilines is 1. The van der Waals surface area contributed by atoms with E-state index in [0.29, 0.717) is 23.5 Å². The molecule has 1 saturated heterocycles. The highest BCUT2D eigenvalue weighted by molar-refractivity contribution is 7.15. The van der Waals surface area contributed by atoms with Crippen molar-refractivity contribution in [3.63, 3.8) is 0 Å². The molecule has 1 aliphatic carbocycles. The summed E-state index contributed by atoms with van der Waals surface area (Å²) in [5.41, 5.74) is 0. The van der Waals surface area contributed by atoms with Crippen molar-refractivity contribution in [2.24, 2.45) is 11.8 Å². The van der Waals surface area contributed by atoms with E-state index in [2.05, 4.69) is 32.7 Å². The van der Waals surface area contributed by atoms with Crippen LogP contribution in [0.15, 0.2) is 0 Å². The number of methoxy groups -OCH3 is 1. The van der Waals surface area contributed by atoms with E-state index in [-0.39, 0.29) is 24.0 Å². The first-order valence-electron chi connectivity index (χ1n) is 9.63. The zero-order valence-corrected chi connectivity index (χ0v) is 17.1. The second-order valence-corrected chi connectivity index (χ2v) is 8.63. The summed E-state index contributed by atoms with van der Waals surface area (Å²) in [5.74, 6) is 0.924. The maximum atomic E-state index is 12.4. The second kappa shape index (κ2) is 9.07. The number of likely N-dealkylation sites (tertiary alicyclic amines) is 1. The number of nitrogens with one attached hydrogen (secondary N) is 2. The van der Waals surface area contributed by atoms with Gasteiger partial charge in [0.2, 0.25) is 16.9 Å². The molecule has 1 saturated carbocycles. The van der Waals surface area contributed by atoms with Gasteiger partial charge in [-0.2, -0.15) is 0 Å². The monoisotopic (exact) mass is 395 g/mol. The van der Waals surface area contributed by atoms with Crippen molar-refractivity contribution in [2.45, 2.75) is 51.7 Å². The summed E-state index contributed by atoms with van der Waals surface area (Å²) in [6.07, 6.45) is 3.76. The minimum Gasteiger partial charge on any atom is -0.379 e. The summed E-state index contributed by atoms with van der Waals surface area (Å²) in [7, 11) is 1.70. The first-order valence-corrected chi connectivity index (χ1v) is 10.4. The van der Waals surface area contributed by atoms with Gasteiger partial charge in [0.05, 0.1) is 18.7 Å². The van der Waals surface area contributed by atoms with Crippen LogP contribution in [-0.2, 0) is 20.7 Å². The summed E-state index contributed by atoms with van der Waals surface area (Å²) >= 11 is 1.44. The molecule has 27 heavy (non-hydrogen) atoms. The van der Waals surface area contributed by atoms with Crippen LogP contribution in [0.25, 0.3) is 0 Å². The summed E-state index contributed by atoms with van der Waals surface area (Å²) in [4.78, 5) is 26.0.